The molecule has 0 N–H and O–H groups in total. The molecular weight excluding hydrogens is 480 g/mol. The SMILES string of the molecule is C=C(C1CCCCC1)N(Cc1ccc(-c2ccc(N(C)C)cc2)cc1)c1cccc(-c2ccc(CC)s2)c1. The molecule has 0 saturated heterocycles. The molecule has 1 aromatic heterocycles. The normalized spacial score (nSPS) is 13.9. The van der Waals surface area contributed by atoms with Crippen LogP contribution in [0, 0.1) is 5.92 Å². The summed E-state index contributed by atoms with van der Waals surface area (Å²) in [5.74, 6) is 0.565. The molecule has 3 aromatic carbocycles. The van der Waals surface area contributed by atoms with Crippen molar-refractivity contribution in [3.63, 3.8) is 0 Å². The van der Waals surface area contributed by atoms with Gasteiger partial charge in [-0.2, -0.15) is 0 Å². The molecule has 1 fully saturated rings. The first kappa shape index (κ1) is 26.3. The molecule has 4 aromatic rings. The lowest BCUT2D eigenvalue weighted by molar-refractivity contribution is 0.396. The quantitative estimate of drug-likeness (QED) is 0.217. The van der Waals surface area contributed by atoms with E-state index in [-0.39, 0.29) is 0 Å². The van der Waals surface area contributed by atoms with E-state index < -0.39 is 0 Å². The predicted molar refractivity (Wildman–Crippen MR) is 167 cm³/mol. The van der Waals surface area contributed by atoms with E-state index in [0.29, 0.717) is 5.92 Å². The largest absolute Gasteiger partial charge is 0.378 e. The van der Waals surface area contributed by atoms with Crippen LogP contribution < -0.4 is 9.80 Å². The third-order valence-corrected chi connectivity index (χ3v) is 9.17. The molecule has 1 aliphatic rings. The highest BCUT2D eigenvalue weighted by molar-refractivity contribution is 7.15. The van der Waals surface area contributed by atoms with Crippen LogP contribution in [0.25, 0.3) is 21.6 Å². The van der Waals surface area contributed by atoms with E-state index >= 15 is 0 Å². The van der Waals surface area contributed by atoms with Crippen LogP contribution in [0.5, 0.6) is 0 Å². The summed E-state index contributed by atoms with van der Waals surface area (Å²) in [5.41, 5.74) is 8.84. The van der Waals surface area contributed by atoms with Crippen molar-refractivity contribution in [2.75, 3.05) is 23.9 Å². The molecule has 0 atom stereocenters. The Labute approximate surface area is 233 Å². The van der Waals surface area contributed by atoms with Gasteiger partial charge in [0.2, 0.25) is 0 Å². The number of thiophene rings is 1. The number of hydrogen-bond acceptors (Lipinski definition) is 3. The van der Waals surface area contributed by atoms with Gasteiger partial charge in [-0.3, -0.25) is 0 Å². The van der Waals surface area contributed by atoms with Gasteiger partial charge in [0.15, 0.2) is 0 Å². The topological polar surface area (TPSA) is 6.48 Å². The third-order valence-electron chi connectivity index (χ3n) is 7.89. The number of hydrogen-bond donors (Lipinski definition) is 0. The number of benzene rings is 3. The van der Waals surface area contributed by atoms with Gasteiger partial charge < -0.3 is 9.80 Å². The Kier molecular flexibility index (Phi) is 8.34. The number of rotatable bonds is 9. The maximum absolute atomic E-state index is 4.68. The standard InChI is InChI=1S/C35H40N2S/c1-5-34-22-23-35(38-34)31-12-9-13-33(24-31)37(26(2)28-10-7-6-8-11-28)25-27-14-16-29(17-15-27)30-18-20-32(21-19-30)36(3)4/h9,12-24,28H,2,5-8,10-11,25H2,1,3-4H3. The molecule has 1 saturated carbocycles. The monoisotopic (exact) mass is 520 g/mol. The number of aryl methyl sites for hydroxylation is 1. The first-order chi connectivity index (χ1) is 18.5. The first-order valence-corrected chi connectivity index (χ1v) is 14.9. The fourth-order valence-electron chi connectivity index (χ4n) is 5.50. The number of allylic oxidation sites excluding steroid dienone is 1. The minimum Gasteiger partial charge on any atom is -0.378 e. The fraction of sp³-hybridized carbons (Fsp3) is 0.314. The van der Waals surface area contributed by atoms with E-state index in [4.69, 9.17) is 0 Å². The molecule has 3 heteroatoms. The summed E-state index contributed by atoms with van der Waals surface area (Å²) in [5, 5.41) is 0. The van der Waals surface area contributed by atoms with Crippen LogP contribution in [-0.2, 0) is 13.0 Å². The average molecular weight is 521 g/mol. The average Bonchev–Trinajstić information content (AvgIpc) is 3.46. The zero-order valence-electron chi connectivity index (χ0n) is 23.1. The minimum atomic E-state index is 0.565. The molecular formula is C35H40N2S. The van der Waals surface area contributed by atoms with E-state index in [1.165, 1.54) is 81.2 Å². The highest BCUT2D eigenvalue weighted by Crippen LogP contribution is 2.37. The van der Waals surface area contributed by atoms with Gasteiger partial charge >= 0.3 is 0 Å². The zero-order chi connectivity index (χ0) is 26.5. The Hall–Kier alpha value is -3.30. The van der Waals surface area contributed by atoms with Crippen LogP contribution in [0.4, 0.5) is 11.4 Å². The predicted octanol–water partition coefficient (Wildman–Crippen LogP) is 9.81. The Morgan fingerprint density at radius 2 is 1.47 bits per heavy atom. The first-order valence-electron chi connectivity index (χ1n) is 14.0. The van der Waals surface area contributed by atoms with Gasteiger partial charge in [-0.1, -0.05) is 81.3 Å². The van der Waals surface area contributed by atoms with Gasteiger partial charge in [0.1, 0.15) is 0 Å². The van der Waals surface area contributed by atoms with Crippen molar-refractivity contribution in [1.29, 1.82) is 0 Å². The van der Waals surface area contributed by atoms with Crippen molar-refractivity contribution >= 4 is 22.7 Å². The van der Waals surface area contributed by atoms with Gasteiger partial charge in [0.05, 0.1) is 0 Å². The highest BCUT2D eigenvalue weighted by Gasteiger charge is 2.22. The van der Waals surface area contributed by atoms with Crippen LogP contribution in [0.3, 0.4) is 0 Å². The Morgan fingerprint density at radius 3 is 2.11 bits per heavy atom. The molecule has 1 aliphatic carbocycles. The Balaban J connectivity index is 1.41. The van der Waals surface area contributed by atoms with Crippen LogP contribution in [0.2, 0.25) is 0 Å². The molecule has 0 radical (unpaired) electrons. The van der Waals surface area contributed by atoms with Crippen LogP contribution >= 0.6 is 11.3 Å². The number of anilines is 2. The van der Waals surface area contributed by atoms with Crippen LogP contribution in [0.15, 0.2) is 97.2 Å². The van der Waals surface area contributed by atoms with Crippen molar-refractivity contribution in [2.24, 2.45) is 5.92 Å². The summed E-state index contributed by atoms with van der Waals surface area (Å²) in [6, 6.07) is 31.5. The van der Waals surface area contributed by atoms with Gasteiger partial charge in [-0.15, -0.1) is 11.3 Å². The molecule has 0 bridgehead atoms. The summed E-state index contributed by atoms with van der Waals surface area (Å²) < 4.78 is 0. The fourth-order valence-corrected chi connectivity index (χ4v) is 6.45. The maximum Gasteiger partial charge on any atom is 0.0478 e. The molecule has 5 rings (SSSR count). The van der Waals surface area contributed by atoms with Gasteiger partial charge in [0.25, 0.3) is 0 Å². The van der Waals surface area contributed by atoms with Crippen molar-refractivity contribution in [2.45, 2.75) is 52.0 Å². The summed E-state index contributed by atoms with van der Waals surface area (Å²) in [6.45, 7) is 7.75. The minimum absolute atomic E-state index is 0.565. The summed E-state index contributed by atoms with van der Waals surface area (Å²) in [4.78, 5) is 7.40. The highest BCUT2D eigenvalue weighted by atomic mass is 32.1. The van der Waals surface area contributed by atoms with E-state index in [9.17, 15) is 0 Å². The summed E-state index contributed by atoms with van der Waals surface area (Å²) in [6.07, 6.45) is 7.57. The van der Waals surface area contributed by atoms with E-state index in [1.807, 2.05) is 11.3 Å². The molecule has 0 amide bonds. The van der Waals surface area contributed by atoms with Crippen LogP contribution in [0.1, 0.15) is 49.5 Å². The van der Waals surface area contributed by atoms with Gasteiger partial charge in [-0.25, -0.2) is 0 Å². The molecule has 0 aliphatic heterocycles. The van der Waals surface area contributed by atoms with Crippen molar-refractivity contribution in [3.8, 4) is 21.6 Å². The second kappa shape index (κ2) is 12.0. The zero-order valence-corrected chi connectivity index (χ0v) is 23.9. The van der Waals surface area contributed by atoms with Gasteiger partial charge in [0, 0.05) is 47.5 Å². The van der Waals surface area contributed by atoms with E-state index in [0.717, 1.165) is 13.0 Å². The lowest BCUT2D eigenvalue weighted by Gasteiger charge is -2.34. The van der Waals surface area contributed by atoms with Crippen LogP contribution in [-0.4, -0.2) is 14.1 Å². The molecule has 0 spiro atoms. The van der Waals surface area contributed by atoms with Crippen molar-refractivity contribution in [1.82, 2.24) is 0 Å². The molecule has 2 nitrogen and oxygen atoms in total. The third kappa shape index (κ3) is 6.05. The van der Waals surface area contributed by atoms with E-state index in [1.54, 1.807) is 0 Å². The van der Waals surface area contributed by atoms with Gasteiger partial charge in [-0.05, 0) is 83.8 Å². The van der Waals surface area contributed by atoms with E-state index in [2.05, 4.69) is 122 Å². The summed E-state index contributed by atoms with van der Waals surface area (Å²) in [7, 11) is 4.16. The molecule has 196 valence electrons. The maximum atomic E-state index is 4.68. The Morgan fingerprint density at radius 1 is 0.789 bits per heavy atom. The molecule has 0 unspecified atom stereocenters. The lowest BCUT2D eigenvalue weighted by Crippen LogP contribution is -2.27. The number of nitrogens with zero attached hydrogens (tertiary/aromatic N) is 2. The molecule has 1 heterocycles. The van der Waals surface area contributed by atoms with Crippen molar-refractivity contribution in [3.05, 3.63) is 108 Å². The molecule has 38 heavy (non-hydrogen) atoms. The lowest BCUT2D eigenvalue weighted by atomic mass is 9.86. The van der Waals surface area contributed by atoms with Crippen molar-refractivity contribution < 1.29 is 0 Å². The second-order valence-electron chi connectivity index (χ2n) is 10.7. The summed E-state index contributed by atoms with van der Waals surface area (Å²) >= 11 is 1.91. The Bertz CT molecular complexity index is 1340. The second-order valence-corrected chi connectivity index (χ2v) is 11.9. The smallest absolute Gasteiger partial charge is 0.0478 e.